The van der Waals surface area contributed by atoms with Crippen LogP contribution < -0.4 is 10.6 Å². The van der Waals surface area contributed by atoms with Crippen LogP contribution >= 0.6 is 0 Å². The summed E-state index contributed by atoms with van der Waals surface area (Å²) in [6, 6.07) is 2.04. The van der Waals surface area contributed by atoms with E-state index in [0.717, 1.165) is 0 Å². The summed E-state index contributed by atoms with van der Waals surface area (Å²) in [6.07, 6.45) is -2.06. The normalized spacial score (nSPS) is 25.6. The number of hydrogen-bond acceptors (Lipinski definition) is 4. The Hall–Kier alpha value is -1.37. The average molecular weight is 246 g/mol. The molecule has 2 unspecified atom stereocenters. The predicted molar refractivity (Wildman–Crippen MR) is 56.5 cm³/mol. The first-order valence-corrected chi connectivity index (χ1v) is 5.40. The molecular weight excluding hydrogens is 233 g/mol. The van der Waals surface area contributed by atoms with Crippen LogP contribution in [-0.2, 0) is 0 Å². The molecule has 1 saturated heterocycles. The van der Waals surface area contributed by atoms with Crippen LogP contribution in [0.1, 0.15) is 12.8 Å². The Labute approximate surface area is 96.6 Å². The number of anilines is 1. The highest BCUT2D eigenvalue weighted by atomic mass is 19.4. The van der Waals surface area contributed by atoms with Gasteiger partial charge in [-0.3, -0.25) is 0 Å². The third-order valence-corrected chi connectivity index (χ3v) is 2.73. The van der Waals surface area contributed by atoms with Gasteiger partial charge in [-0.1, -0.05) is 0 Å². The number of rotatable bonds is 2. The predicted octanol–water partition coefficient (Wildman–Crippen LogP) is 1.57. The maximum absolute atomic E-state index is 12.4. The Bertz CT molecular complexity index is 346. The van der Waals surface area contributed by atoms with E-state index < -0.39 is 12.2 Å². The molecule has 7 heteroatoms. The fraction of sp³-hybridized carbons (Fsp3) is 0.600. The van der Waals surface area contributed by atoms with Gasteiger partial charge in [0.15, 0.2) is 0 Å². The molecule has 1 aromatic rings. The molecule has 0 amide bonds. The van der Waals surface area contributed by atoms with E-state index in [1.807, 2.05) is 0 Å². The fourth-order valence-corrected chi connectivity index (χ4v) is 1.85. The number of halogens is 3. The highest BCUT2D eigenvalue weighted by molar-refractivity contribution is 5.33. The molecule has 0 spiro atoms. The number of nitrogens with one attached hydrogen (secondary N) is 2. The molecule has 2 N–H and O–H groups in total. The Balaban J connectivity index is 1.84. The van der Waals surface area contributed by atoms with E-state index >= 15 is 0 Å². The lowest BCUT2D eigenvalue weighted by Crippen LogP contribution is -2.51. The van der Waals surface area contributed by atoms with Crippen molar-refractivity contribution in [2.75, 3.05) is 11.9 Å². The van der Waals surface area contributed by atoms with Gasteiger partial charge < -0.3 is 10.6 Å². The SMILES string of the molecule is FC(F)(F)C1CCC(Nc2cccnn2)CN1. The summed E-state index contributed by atoms with van der Waals surface area (Å²) in [5.74, 6) is 0.588. The number of aromatic nitrogens is 2. The first-order valence-electron chi connectivity index (χ1n) is 5.40. The van der Waals surface area contributed by atoms with Crippen LogP contribution in [0.2, 0.25) is 0 Å². The van der Waals surface area contributed by atoms with Crippen LogP contribution in [0.5, 0.6) is 0 Å². The highest BCUT2D eigenvalue weighted by Crippen LogP contribution is 2.26. The summed E-state index contributed by atoms with van der Waals surface area (Å²) < 4.78 is 37.2. The van der Waals surface area contributed by atoms with Gasteiger partial charge in [0.2, 0.25) is 0 Å². The quantitative estimate of drug-likeness (QED) is 0.831. The Morgan fingerprint density at radius 3 is 2.71 bits per heavy atom. The number of piperidine rings is 1. The largest absolute Gasteiger partial charge is 0.403 e. The van der Waals surface area contributed by atoms with E-state index in [0.29, 0.717) is 12.2 Å². The van der Waals surface area contributed by atoms with Crippen LogP contribution in [0.3, 0.4) is 0 Å². The van der Waals surface area contributed by atoms with E-state index in [-0.39, 0.29) is 19.0 Å². The lowest BCUT2D eigenvalue weighted by Gasteiger charge is -2.31. The van der Waals surface area contributed by atoms with Crippen molar-refractivity contribution in [2.45, 2.75) is 31.1 Å². The van der Waals surface area contributed by atoms with Crippen LogP contribution in [0.25, 0.3) is 0 Å². The third kappa shape index (κ3) is 3.29. The van der Waals surface area contributed by atoms with Crippen molar-refractivity contribution in [1.29, 1.82) is 0 Å². The second-order valence-corrected chi connectivity index (χ2v) is 4.03. The molecule has 0 bridgehead atoms. The highest BCUT2D eigenvalue weighted by Gasteiger charge is 2.41. The van der Waals surface area contributed by atoms with Gasteiger partial charge in [0.25, 0.3) is 0 Å². The maximum Gasteiger partial charge on any atom is 0.403 e. The van der Waals surface area contributed by atoms with Crippen LogP contribution in [0.4, 0.5) is 19.0 Å². The minimum absolute atomic E-state index is 0.0368. The molecular formula is C10H13F3N4. The molecule has 2 rings (SSSR count). The van der Waals surface area contributed by atoms with E-state index in [4.69, 9.17) is 0 Å². The first-order chi connectivity index (χ1) is 8.05. The summed E-state index contributed by atoms with van der Waals surface area (Å²) in [4.78, 5) is 0. The standard InChI is InChI=1S/C10H13F3N4/c11-10(12,13)8-4-3-7(6-14-8)16-9-2-1-5-15-17-9/h1-2,5,7-8,14H,3-4,6H2,(H,16,17). The fourth-order valence-electron chi connectivity index (χ4n) is 1.85. The molecule has 1 aliphatic rings. The molecule has 1 aliphatic heterocycles. The van der Waals surface area contributed by atoms with E-state index in [1.54, 1.807) is 18.3 Å². The molecule has 17 heavy (non-hydrogen) atoms. The summed E-state index contributed by atoms with van der Waals surface area (Å²) >= 11 is 0. The van der Waals surface area contributed by atoms with E-state index in [1.165, 1.54) is 0 Å². The number of nitrogens with zero attached hydrogens (tertiary/aromatic N) is 2. The minimum atomic E-state index is -4.16. The molecule has 2 heterocycles. The molecule has 4 nitrogen and oxygen atoms in total. The molecule has 1 fully saturated rings. The van der Waals surface area contributed by atoms with Crippen molar-refractivity contribution in [2.24, 2.45) is 0 Å². The van der Waals surface area contributed by atoms with Gasteiger partial charge in [0, 0.05) is 18.8 Å². The minimum Gasteiger partial charge on any atom is -0.365 e. The first kappa shape index (κ1) is 12.1. The van der Waals surface area contributed by atoms with Gasteiger partial charge in [0.05, 0.1) is 0 Å². The lowest BCUT2D eigenvalue weighted by molar-refractivity contribution is -0.160. The zero-order chi connectivity index (χ0) is 12.3. The number of alkyl halides is 3. The topological polar surface area (TPSA) is 49.8 Å². The second-order valence-electron chi connectivity index (χ2n) is 4.03. The molecule has 0 aromatic carbocycles. The summed E-state index contributed by atoms with van der Waals surface area (Å²) in [5.41, 5.74) is 0. The molecule has 1 aromatic heterocycles. The average Bonchev–Trinajstić information content (AvgIpc) is 2.30. The van der Waals surface area contributed by atoms with E-state index in [9.17, 15) is 13.2 Å². The molecule has 0 saturated carbocycles. The molecule has 2 atom stereocenters. The van der Waals surface area contributed by atoms with Gasteiger partial charge in [-0.05, 0) is 25.0 Å². The Morgan fingerprint density at radius 2 is 2.18 bits per heavy atom. The maximum atomic E-state index is 12.4. The summed E-state index contributed by atoms with van der Waals surface area (Å²) in [5, 5.41) is 13.1. The van der Waals surface area contributed by atoms with Crippen LogP contribution in [0.15, 0.2) is 18.3 Å². The van der Waals surface area contributed by atoms with Crippen molar-refractivity contribution in [1.82, 2.24) is 15.5 Å². The Morgan fingerprint density at radius 1 is 1.35 bits per heavy atom. The zero-order valence-electron chi connectivity index (χ0n) is 9.04. The van der Waals surface area contributed by atoms with Crippen molar-refractivity contribution in [3.05, 3.63) is 18.3 Å². The van der Waals surface area contributed by atoms with Crippen molar-refractivity contribution in [3.8, 4) is 0 Å². The van der Waals surface area contributed by atoms with E-state index in [2.05, 4.69) is 20.8 Å². The van der Waals surface area contributed by atoms with Crippen LogP contribution in [0, 0.1) is 0 Å². The smallest absolute Gasteiger partial charge is 0.365 e. The van der Waals surface area contributed by atoms with Crippen LogP contribution in [-0.4, -0.2) is 35.0 Å². The second kappa shape index (κ2) is 4.87. The molecule has 94 valence electrons. The van der Waals surface area contributed by atoms with Gasteiger partial charge in [-0.2, -0.15) is 18.3 Å². The third-order valence-electron chi connectivity index (χ3n) is 2.73. The Kier molecular flexibility index (Phi) is 3.46. The van der Waals surface area contributed by atoms with Gasteiger partial charge >= 0.3 is 6.18 Å². The summed E-state index contributed by atoms with van der Waals surface area (Å²) in [6.45, 7) is 0.279. The van der Waals surface area contributed by atoms with Gasteiger partial charge in [-0.15, -0.1) is 5.10 Å². The molecule has 0 radical (unpaired) electrons. The zero-order valence-corrected chi connectivity index (χ0v) is 9.04. The summed E-state index contributed by atoms with van der Waals surface area (Å²) in [7, 11) is 0. The van der Waals surface area contributed by atoms with Gasteiger partial charge in [0.1, 0.15) is 11.9 Å². The van der Waals surface area contributed by atoms with Gasteiger partial charge in [-0.25, -0.2) is 0 Å². The van der Waals surface area contributed by atoms with Crippen molar-refractivity contribution >= 4 is 5.82 Å². The van der Waals surface area contributed by atoms with Crippen molar-refractivity contribution in [3.63, 3.8) is 0 Å². The lowest BCUT2D eigenvalue weighted by atomic mass is 10.0. The molecule has 0 aliphatic carbocycles. The number of hydrogen-bond donors (Lipinski definition) is 2. The monoisotopic (exact) mass is 246 g/mol. The van der Waals surface area contributed by atoms with Crippen molar-refractivity contribution < 1.29 is 13.2 Å².